The van der Waals surface area contributed by atoms with Crippen LogP contribution in [0.3, 0.4) is 0 Å². The third-order valence-corrected chi connectivity index (χ3v) is 8.42. The molecule has 4 rings (SSSR count). The first-order valence-electron chi connectivity index (χ1n) is 11.0. The number of carbonyl (C=O) groups is 1. The lowest BCUT2D eigenvalue weighted by molar-refractivity contribution is -0.138. The molecule has 0 unspecified atom stereocenters. The number of carboxylic acid groups (broad SMARTS) is 1. The molecule has 0 bridgehead atoms. The molecule has 0 aliphatic carbocycles. The second-order valence-corrected chi connectivity index (χ2v) is 10.7. The number of halogens is 4. The van der Waals surface area contributed by atoms with Gasteiger partial charge in [-0.25, -0.2) is 12.8 Å². The van der Waals surface area contributed by atoms with Gasteiger partial charge in [0.15, 0.2) is 0 Å². The largest absolute Gasteiger partial charge is 0.481 e. The van der Waals surface area contributed by atoms with Crippen molar-refractivity contribution in [2.45, 2.75) is 43.2 Å². The van der Waals surface area contributed by atoms with Crippen molar-refractivity contribution >= 4 is 26.8 Å². The van der Waals surface area contributed by atoms with Crippen LogP contribution < -0.4 is 0 Å². The van der Waals surface area contributed by atoms with Gasteiger partial charge < -0.3 is 5.11 Å². The third kappa shape index (κ3) is 5.04. The van der Waals surface area contributed by atoms with Crippen molar-refractivity contribution in [3.8, 4) is 0 Å². The first kappa shape index (κ1) is 25.1. The molecule has 1 aliphatic rings. The van der Waals surface area contributed by atoms with Gasteiger partial charge >= 0.3 is 12.1 Å². The van der Waals surface area contributed by atoms with Crippen LogP contribution >= 0.6 is 0 Å². The van der Waals surface area contributed by atoms with Crippen molar-refractivity contribution in [2.75, 3.05) is 13.1 Å². The van der Waals surface area contributed by atoms with E-state index in [1.165, 1.54) is 12.1 Å². The highest BCUT2D eigenvalue weighted by molar-refractivity contribution is 7.89. The fourth-order valence-electron chi connectivity index (χ4n) is 4.80. The van der Waals surface area contributed by atoms with Gasteiger partial charge in [-0.2, -0.15) is 17.5 Å². The summed E-state index contributed by atoms with van der Waals surface area (Å²) < 4.78 is 80.6. The Labute approximate surface area is 200 Å². The van der Waals surface area contributed by atoms with E-state index >= 15 is 0 Å². The number of benzene rings is 3. The number of sulfonamides is 1. The van der Waals surface area contributed by atoms with Gasteiger partial charge in [0.2, 0.25) is 10.0 Å². The molecule has 3 aromatic carbocycles. The van der Waals surface area contributed by atoms with E-state index < -0.39 is 38.4 Å². The number of carboxylic acids is 1. The molecule has 1 aliphatic heterocycles. The van der Waals surface area contributed by atoms with Crippen LogP contribution in [0.1, 0.15) is 41.0 Å². The molecule has 0 spiro atoms. The van der Waals surface area contributed by atoms with Gasteiger partial charge in [-0.15, -0.1) is 0 Å². The van der Waals surface area contributed by atoms with Gasteiger partial charge in [0.1, 0.15) is 5.82 Å². The minimum Gasteiger partial charge on any atom is -0.481 e. The lowest BCUT2D eigenvalue weighted by Crippen LogP contribution is -2.38. The molecule has 0 aromatic heterocycles. The molecule has 1 heterocycles. The first-order valence-corrected chi connectivity index (χ1v) is 12.4. The van der Waals surface area contributed by atoms with E-state index in [1.807, 2.05) is 0 Å². The maximum Gasteiger partial charge on any atom is 0.416 e. The average Bonchev–Trinajstić information content (AvgIpc) is 2.79. The Hall–Kier alpha value is -2.98. The summed E-state index contributed by atoms with van der Waals surface area (Å²) in [6.07, 6.45) is -4.13. The second kappa shape index (κ2) is 9.23. The number of aliphatic carboxylic acids is 1. The minimum absolute atomic E-state index is 0.0721. The van der Waals surface area contributed by atoms with Gasteiger partial charge in [0.25, 0.3) is 0 Å². The van der Waals surface area contributed by atoms with Crippen molar-refractivity contribution in [1.82, 2.24) is 4.31 Å². The molecule has 1 N–H and O–H groups in total. The van der Waals surface area contributed by atoms with Crippen molar-refractivity contribution < 1.29 is 35.9 Å². The van der Waals surface area contributed by atoms with E-state index in [1.54, 1.807) is 19.1 Å². The molecule has 0 amide bonds. The lowest BCUT2D eigenvalue weighted by atomic mass is 9.82. The fourth-order valence-corrected chi connectivity index (χ4v) is 6.31. The van der Waals surface area contributed by atoms with Gasteiger partial charge in [-0.1, -0.05) is 18.2 Å². The van der Waals surface area contributed by atoms with Crippen LogP contribution in [-0.2, 0) is 27.4 Å². The van der Waals surface area contributed by atoms with Crippen molar-refractivity contribution in [1.29, 1.82) is 0 Å². The maximum atomic E-state index is 14.1. The molecule has 1 fully saturated rings. The second-order valence-electron chi connectivity index (χ2n) is 8.71. The normalized spacial score (nSPS) is 16.0. The van der Waals surface area contributed by atoms with Gasteiger partial charge in [-0.05, 0) is 83.5 Å². The number of fused-ring (bicyclic) bond motifs is 1. The van der Waals surface area contributed by atoms with Crippen LogP contribution in [-0.4, -0.2) is 36.9 Å². The minimum atomic E-state index is -4.66. The molecular weight excluding hydrogens is 486 g/mol. The molecule has 0 radical (unpaired) electrons. The van der Waals surface area contributed by atoms with Crippen molar-refractivity contribution in [2.24, 2.45) is 0 Å². The molecule has 0 atom stereocenters. The predicted molar refractivity (Wildman–Crippen MR) is 122 cm³/mol. The van der Waals surface area contributed by atoms with Crippen LogP contribution in [0.25, 0.3) is 10.8 Å². The first-order chi connectivity index (χ1) is 16.4. The smallest absolute Gasteiger partial charge is 0.416 e. The standard InChI is InChI=1S/C25H23F4NO4S/c1-15-18(12-23(31)32)11-17-5-6-20(26)14-22(17)24(15)16-7-9-30(10-8-16)35(33,34)21-4-2-3-19(13-21)25(27,28)29/h2-6,11,13-14,16H,7-10,12H2,1H3,(H,31,32). The Morgan fingerprint density at radius 3 is 2.40 bits per heavy atom. The summed E-state index contributed by atoms with van der Waals surface area (Å²) in [4.78, 5) is 11.0. The lowest BCUT2D eigenvalue weighted by Gasteiger charge is -2.33. The van der Waals surface area contributed by atoms with Crippen LogP contribution in [0, 0.1) is 12.7 Å². The van der Waals surface area contributed by atoms with Crippen molar-refractivity contribution in [3.05, 3.63) is 76.6 Å². The molecule has 10 heteroatoms. The SMILES string of the molecule is Cc1c(CC(=O)O)cc2ccc(F)cc2c1C1CCN(S(=O)(=O)c2cccc(C(F)(F)F)c2)CC1. The highest BCUT2D eigenvalue weighted by Crippen LogP contribution is 2.39. The van der Waals surface area contributed by atoms with Crippen LogP contribution in [0.4, 0.5) is 17.6 Å². The summed E-state index contributed by atoms with van der Waals surface area (Å²) in [5.74, 6) is -1.60. The monoisotopic (exact) mass is 509 g/mol. The summed E-state index contributed by atoms with van der Waals surface area (Å²) in [6, 6.07) is 9.69. The quantitative estimate of drug-likeness (QED) is 0.461. The molecule has 1 saturated heterocycles. The molecule has 3 aromatic rings. The van der Waals surface area contributed by atoms with Crippen LogP contribution in [0.15, 0.2) is 53.4 Å². The van der Waals surface area contributed by atoms with E-state index in [0.717, 1.165) is 33.6 Å². The van der Waals surface area contributed by atoms with E-state index in [-0.39, 0.29) is 25.4 Å². The molecule has 186 valence electrons. The zero-order chi connectivity index (χ0) is 25.5. The van der Waals surface area contributed by atoms with Gasteiger partial charge in [0, 0.05) is 13.1 Å². The van der Waals surface area contributed by atoms with Crippen molar-refractivity contribution in [3.63, 3.8) is 0 Å². The fraction of sp³-hybridized carbons (Fsp3) is 0.320. The summed E-state index contributed by atoms with van der Waals surface area (Å²) in [5.41, 5.74) is 1.08. The van der Waals surface area contributed by atoms with Gasteiger partial charge in [-0.3, -0.25) is 4.79 Å². The van der Waals surface area contributed by atoms with Crippen LogP contribution in [0.2, 0.25) is 0 Å². The Morgan fingerprint density at radius 1 is 1.09 bits per heavy atom. The van der Waals surface area contributed by atoms with E-state index in [9.17, 15) is 35.9 Å². The number of hydrogen-bond donors (Lipinski definition) is 1. The Balaban J connectivity index is 1.65. The number of alkyl halides is 3. The molecule has 0 saturated carbocycles. The predicted octanol–water partition coefficient (Wildman–Crippen LogP) is 5.50. The number of piperidine rings is 1. The summed E-state index contributed by atoms with van der Waals surface area (Å²) in [6.45, 7) is 1.93. The van der Waals surface area contributed by atoms with E-state index in [4.69, 9.17) is 0 Å². The Kier molecular flexibility index (Phi) is 6.63. The average molecular weight is 510 g/mol. The summed E-state index contributed by atoms with van der Waals surface area (Å²) in [7, 11) is -4.14. The molecule has 35 heavy (non-hydrogen) atoms. The maximum absolute atomic E-state index is 14.1. The molecular formula is C25H23F4NO4S. The highest BCUT2D eigenvalue weighted by Gasteiger charge is 2.35. The topological polar surface area (TPSA) is 74.7 Å². The Morgan fingerprint density at radius 2 is 1.77 bits per heavy atom. The highest BCUT2D eigenvalue weighted by atomic mass is 32.2. The third-order valence-electron chi connectivity index (χ3n) is 6.52. The zero-order valence-electron chi connectivity index (χ0n) is 18.8. The number of hydrogen-bond acceptors (Lipinski definition) is 3. The van der Waals surface area contributed by atoms with Crippen LogP contribution in [0.5, 0.6) is 0 Å². The Bertz CT molecular complexity index is 1390. The number of nitrogens with zero attached hydrogens (tertiary/aromatic N) is 1. The zero-order valence-corrected chi connectivity index (χ0v) is 19.6. The van der Waals surface area contributed by atoms with E-state index in [2.05, 4.69) is 0 Å². The summed E-state index contributed by atoms with van der Waals surface area (Å²) in [5, 5.41) is 10.7. The number of rotatable bonds is 5. The summed E-state index contributed by atoms with van der Waals surface area (Å²) >= 11 is 0. The molecule has 5 nitrogen and oxygen atoms in total. The van der Waals surface area contributed by atoms with E-state index in [0.29, 0.717) is 35.2 Å². The van der Waals surface area contributed by atoms with Gasteiger partial charge in [0.05, 0.1) is 16.9 Å².